The van der Waals surface area contributed by atoms with Gasteiger partial charge in [-0.05, 0) is 29.2 Å². The summed E-state index contributed by atoms with van der Waals surface area (Å²) in [7, 11) is 0. The number of fused-ring (bicyclic) bond motifs is 1. The van der Waals surface area contributed by atoms with Crippen LogP contribution in [0.4, 0.5) is 0 Å². The highest BCUT2D eigenvalue weighted by Crippen LogP contribution is 2.38. The van der Waals surface area contributed by atoms with Gasteiger partial charge < -0.3 is 9.67 Å². The molecule has 1 N–H and O–H groups in total. The van der Waals surface area contributed by atoms with E-state index in [9.17, 15) is 5.11 Å². The average Bonchev–Trinajstić information content (AvgIpc) is 3.23. The maximum absolute atomic E-state index is 10.8. The fraction of sp³-hybridized carbons (Fsp3) is 0.235. The second-order valence-electron chi connectivity index (χ2n) is 5.43. The van der Waals surface area contributed by atoms with E-state index in [0.29, 0.717) is 6.04 Å². The fourth-order valence-electron chi connectivity index (χ4n) is 2.83. The van der Waals surface area contributed by atoms with E-state index in [2.05, 4.69) is 27.8 Å². The third-order valence-electron chi connectivity index (χ3n) is 4.03. The standard InChI is InChI=1S/C17H16N2O/c20-17(16-10-18-11-19(16)13-8-9-13)15-7-3-5-12-4-1-2-6-14(12)15/h1-7,10-11,13,17,20H,8-9H2. The Bertz CT molecular complexity index is 753. The molecule has 0 aliphatic heterocycles. The average molecular weight is 264 g/mol. The molecule has 0 radical (unpaired) electrons. The summed E-state index contributed by atoms with van der Waals surface area (Å²) in [5.74, 6) is 0. The lowest BCUT2D eigenvalue weighted by Gasteiger charge is -2.16. The van der Waals surface area contributed by atoms with E-state index in [-0.39, 0.29) is 0 Å². The van der Waals surface area contributed by atoms with Crippen molar-refractivity contribution in [1.82, 2.24) is 9.55 Å². The molecule has 1 aromatic heterocycles. The quantitative estimate of drug-likeness (QED) is 0.786. The molecule has 1 atom stereocenters. The van der Waals surface area contributed by atoms with E-state index in [4.69, 9.17) is 0 Å². The Kier molecular flexibility index (Phi) is 2.60. The maximum Gasteiger partial charge on any atom is 0.121 e. The predicted molar refractivity (Wildman–Crippen MR) is 78.5 cm³/mol. The number of aliphatic hydroxyl groups is 1. The molecule has 1 saturated carbocycles. The summed E-state index contributed by atoms with van der Waals surface area (Å²) in [5.41, 5.74) is 1.84. The number of hydrogen-bond acceptors (Lipinski definition) is 2. The molecule has 1 aliphatic carbocycles. The summed E-state index contributed by atoms with van der Waals surface area (Å²) < 4.78 is 2.12. The van der Waals surface area contributed by atoms with Crippen molar-refractivity contribution in [2.75, 3.05) is 0 Å². The molecule has 0 spiro atoms. The number of aliphatic hydroxyl groups excluding tert-OH is 1. The molecule has 2 aromatic carbocycles. The van der Waals surface area contributed by atoms with Gasteiger partial charge in [0.05, 0.1) is 18.2 Å². The van der Waals surface area contributed by atoms with E-state index in [0.717, 1.165) is 22.0 Å². The van der Waals surface area contributed by atoms with Crippen LogP contribution >= 0.6 is 0 Å². The highest BCUT2D eigenvalue weighted by Gasteiger charge is 2.28. The fourth-order valence-corrected chi connectivity index (χ4v) is 2.83. The van der Waals surface area contributed by atoms with Crippen molar-refractivity contribution in [2.24, 2.45) is 0 Å². The molecular weight excluding hydrogens is 248 g/mol. The SMILES string of the molecule is OC(c1cccc2ccccc12)c1cncn1C1CC1. The van der Waals surface area contributed by atoms with Crippen LogP contribution in [0.5, 0.6) is 0 Å². The number of rotatable bonds is 3. The van der Waals surface area contributed by atoms with Crippen LogP contribution in [0.15, 0.2) is 55.0 Å². The van der Waals surface area contributed by atoms with E-state index in [1.165, 1.54) is 12.8 Å². The summed E-state index contributed by atoms with van der Waals surface area (Å²) in [6.45, 7) is 0. The highest BCUT2D eigenvalue weighted by molar-refractivity contribution is 5.86. The molecule has 0 amide bonds. The van der Waals surface area contributed by atoms with Crippen LogP contribution < -0.4 is 0 Å². The third kappa shape index (κ3) is 1.82. The maximum atomic E-state index is 10.8. The van der Waals surface area contributed by atoms with Crippen LogP contribution in [-0.2, 0) is 0 Å². The highest BCUT2D eigenvalue weighted by atomic mass is 16.3. The van der Waals surface area contributed by atoms with Gasteiger partial charge >= 0.3 is 0 Å². The monoisotopic (exact) mass is 264 g/mol. The zero-order valence-corrected chi connectivity index (χ0v) is 11.1. The van der Waals surface area contributed by atoms with Crippen LogP contribution in [0.2, 0.25) is 0 Å². The Morgan fingerprint density at radius 1 is 1.10 bits per heavy atom. The number of imidazole rings is 1. The van der Waals surface area contributed by atoms with Gasteiger partial charge in [-0.3, -0.25) is 0 Å². The zero-order chi connectivity index (χ0) is 13.5. The minimum absolute atomic E-state index is 0.525. The van der Waals surface area contributed by atoms with Gasteiger partial charge in [0.15, 0.2) is 0 Å². The molecule has 1 unspecified atom stereocenters. The summed E-state index contributed by atoms with van der Waals surface area (Å²) in [6.07, 6.45) is 5.37. The predicted octanol–water partition coefficient (Wildman–Crippen LogP) is 3.45. The minimum atomic E-state index is -0.621. The van der Waals surface area contributed by atoms with Crippen molar-refractivity contribution in [3.63, 3.8) is 0 Å². The molecule has 1 aliphatic rings. The smallest absolute Gasteiger partial charge is 0.121 e. The van der Waals surface area contributed by atoms with Crippen molar-refractivity contribution in [3.05, 3.63) is 66.2 Å². The molecule has 3 nitrogen and oxygen atoms in total. The lowest BCUT2D eigenvalue weighted by molar-refractivity contribution is 0.211. The van der Waals surface area contributed by atoms with Gasteiger partial charge in [0.1, 0.15) is 6.10 Å². The van der Waals surface area contributed by atoms with Gasteiger partial charge in [-0.15, -0.1) is 0 Å². The summed E-state index contributed by atoms with van der Waals surface area (Å²) in [4.78, 5) is 4.21. The molecule has 0 saturated heterocycles. The molecule has 4 rings (SSSR count). The van der Waals surface area contributed by atoms with Crippen LogP contribution in [0.1, 0.15) is 36.2 Å². The second-order valence-corrected chi connectivity index (χ2v) is 5.43. The summed E-state index contributed by atoms with van der Waals surface area (Å²) in [5, 5.41) is 13.0. The largest absolute Gasteiger partial charge is 0.382 e. The minimum Gasteiger partial charge on any atom is -0.382 e. The first-order valence-electron chi connectivity index (χ1n) is 7.02. The molecule has 20 heavy (non-hydrogen) atoms. The van der Waals surface area contributed by atoms with Gasteiger partial charge in [-0.25, -0.2) is 4.98 Å². The van der Waals surface area contributed by atoms with Gasteiger partial charge in [0.2, 0.25) is 0 Å². The summed E-state index contributed by atoms with van der Waals surface area (Å²) >= 11 is 0. The lowest BCUT2D eigenvalue weighted by atomic mass is 9.99. The van der Waals surface area contributed by atoms with Crippen molar-refractivity contribution < 1.29 is 5.11 Å². The topological polar surface area (TPSA) is 38.1 Å². The van der Waals surface area contributed by atoms with Crippen LogP contribution in [-0.4, -0.2) is 14.7 Å². The van der Waals surface area contributed by atoms with E-state index < -0.39 is 6.10 Å². The van der Waals surface area contributed by atoms with Crippen molar-refractivity contribution in [2.45, 2.75) is 25.0 Å². The van der Waals surface area contributed by atoms with Gasteiger partial charge in [0, 0.05) is 6.04 Å². The number of aromatic nitrogens is 2. The molecular formula is C17H16N2O. The van der Waals surface area contributed by atoms with Gasteiger partial charge in [-0.2, -0.15) is 0 Å². The van der Waals surface area contributed by atoms with Crippen LogP contribution in [0, 0.1) is 0 Å². The molecule has 100 valence electrons. The van der Waals surface area contributed by atoms with Crippen LogP contribution in [0.3, 0.4) is 0 Å². The zero-order valence-electron chi connectivity index (χ0n) is 11.1. The van der Waals surface area contributed by atoms with E-state index in [1.807, 2.05) is 30.6 Å². The molecule has 3 heteroatoms. The van der Waals surface area contributed by atoms with Gasteiger partial charge in [-0.1, -0.05) is 42.5 Å². The molecule has 0 bridgehead atoms. The number of nitrogens with zero attached hydrogens (tertiary/aromatic N) is 2. The third-order valence-corrected chi connectivity index (χ3v) is 4.03. The Morgan fingerprint density at radius 2 is 1.90 bits per heavy atom. The first kappa shape index (κ1) is 11.7. The second kappa shape index (κ2) is 4.46. The summed E-state index contributed by atoms with van der Waals surface area (Å²) in [6, 6.07) is 14.8. The Labute approximate surface area is 117 Å². The van der Waals surface area contributed by atoms with Crippen LogP contribution in [0.25, 0.3) is 10.8 Å². The Hall–Kier alpha value is -2.13. The first-order chi connectivity index (χ1) is 9.84. The Morgan fingerprint density at radius 3 is 2.75 bits per heavy atom. The number of hydrogen-bond donors (Lipinski definition) is 1. The molecule has 1 fully saturated rings. The number of benzene rings is 2. The van der Waals surface area contributed by atoms with Crippen molar-refractivity contribution >= 4 is 10.8 Å². The van der Waals surface area contributed by atoms with E-state index >= 15 is 0 Å². The normalized spacial score (nSPS) is 16.4. The van der Waals surface area contributed by atoms with Crippen molar-refractivity contribution in [1.29, 1.82) is 0 Å². The van der Waals surface area contributed by atoms with E-state index in [1.54, 1.807) is 6.20 Å². The lowest BCUT2D eigenvalue weighted by Crippen LogP contribution is -2.07. The van der Waals surface area contributed by atoms with Crippen molar-refractivity contribution in [3.8, 4) is 0 Å². The molecule has 1 heterocycles. The molecule has 3 aromatic rings. The Balaban J connectivity index is 1.84. The first-order valence-corrected chi connectivity index (χ1v) is 7.02. The van der Waals surface area contributed by atoms with Gasteiger partial charge in [0.25, 0.3) is 0 Å².